The highest BCUT2D eigenvalue weighted by atomic mass is 79.9. The molecule has 0 bridgehead atoms. The Hall–Kier alpha value is -1.39. The van der Waals surface area contributed by atoms with Gasteiger partial charge in [-0.2, -0.15) is 0 Å². The molecular formula is C15H14BrClN2O. The molecule has 0 N–H and O–H groups in total. The molecule has 3 nitrogen and oxygen atoms in total. The lowest BCUT2D eigenvalue weighted by atomic mass is 10.2. The van der Waals surface area contributed by atoms with E-state index < -0.39 is 0 Å². The van der Waals surface area contributed by atoms with Gasteiger partial charge >= 0.3 is 0 Å². The molecule has 2 rings (SSSR count). The van der Waals surface area contributed by atoms with Gasteiger partial charge in [0.1, 0.15) is 0 Å². The number of likely N-dealkylation sites (N-methyl/N-ethyl adjacent to an activating group) is 1. The quantitative estimate of drug-likeness (QED) is 0.837. The van der Waals surface area contributed by atoms with Gasteiger partial charge in [-0.1, -0.05) is 17.7 Å². The van der Waals surface area contributed by atoms with Gasteiger partial charge in [0, 0.05) is 41.4 Å². The molecule has 104 valence electrons. The van der Waals surface area contributed by atoms with Gasteiger partial charge in [0.05, 0.1) is 5.56 Å². The second kappa shape index (κ2) is 6.86. The third kappa shape index (κ3) is 3.81. The molecule has 0 unspecified atom stereocenters. The molecule has 1 aromatic heterocycles. The zero-order chi connectivity index (χ0) is 14.5. The zero-order valence-electron chi connectivity index (χ0n) is 11.0. The van der Waals surface area contributed by atoms with Gasteiger partial charge in [-0.05, 0) is 46.3 Å². The van der Waals surface area contributed by atoms with E-state index in [2.05, 4.69) is 20.9 Å². The summed E-state index contributed by atoms with van der Waals surface area (Å²) in [4.78, 5) is 18.3. The molecule has 0 spiro atoms. The van der Waals surface area contributed by atoms with Crippen LogP contribution in [0.25, 0.3) is 0 Å². The van der Waals surface area contributed by atoms with Crippen LogP contribution in [0.15, 0.2) is 47.1 Å². The van der Waals surface area contributed by atoms with Crippen molar-refractivity contribution in [3.8, 4) is 0 Å². The molecule has 0 aliphatic carbocycles. The van der Waals surface area contributed by atoms with E-state index in [-0.39, 0.29) is 5.91 Å². The average molecular weight is 354 g/mol. The number of aromatic nitrogens is 1. The summed E-state index contributed by atoms with van der Waals surface area (Å²) in [7, 11) is 1.78. The number of halogens is 2. The third-order valence-corrected chi connectivity index (χ3v) is 3.83. The Kier molecular flexibility index (Phi) is 5.15. The molecule has 0 aliphatic rings. The van der Waals surface area contributed by atoms with Crippen molar-refractivity contribution in [2.75, 3.05) is 13.6 Å². The topological polar surface area (TPSA) is 33.2 Å². The highest BCUT2D eigenvalue weighted by Crippen LogP contribution is 2.22. The number of carbonyl (C=O) groups is 1. The van der Waals surface area contributed by atoms with E-state index in [9.17, 15) is 4.79 Å². The Morgan fingerprint density at radius 3 is 2.80 bits per heavy atom. The first-order valence-corrected chi connectivity index (χ1v) is 7.35. The highest BCUT2D eigenvalue weighted by molar-refractivity contribution is 9.10. The molecule has 5 heteroatoms. The Balaban J connectivity index is 2.01. The minimum Gasteiger partial charge on any atom is -0.341 e. The van der Waals surface area contributed by atoms with Gasteiger partial charge < -0.3 is 4.90 Å². The van der Waals surface area contributed by atoms with E-state index >= 15 is 0 Å². The van der Waals surface area contributed by atoms with E-state index in [0.29, 0.717) is 21.6 Å². The van der Waals surface area contributed by atoms with Crippen LogP contribution in [-0.4, -0.2) is 29.4 Å². The maximum absolute atomic E-state index is 12.3. The molecule has 0 aliphatic heterocycles. The van der Waals surface area contributed by atoms with E-state index in [4.69, 9.17) is 11.6 Å². The van der Waals surface area contributed by atoms with Crippen LogP contribution in [0.1, 0.15) is 16.1 Å². The molecular weight excluding hydrogens is 340 g/mol. The van der Waals surface area contributed by atoms with Crippen LogP contribution in [0.3, 0.4) is 0 Å². The van der Waals surface area contributed by atoms with Crippen LogP contribution >= 0.6 is 27.5 Å². The third-order valence-electron chi connectivity index (χ3n) is 2.94. The normalized spacial score (nSPS) is 10.3. The fourth-order valence-corrected chi connectivity index (χ4v) is 2.65. The van der Waals surface area contributed by atoms with E-state index in [1.54, 1.807) is 36.3 Å². The summed E-state index contributed by atoms with van der Waals surface area (Å²) in [6.07, 6.45) is 2.49. The lowest BCUT2D eigenvalue weighted by Crippen LogP contribution is -2.29. The Bertz CT molecular complexity index is 604. The Morgan fingerprint density at radius 1 is 1.35 bits per heavy atom. The highest BCUT2D eigenvalue weighted by Gasteiger charge is 2.15. The first kappa shape index (κ1) is 15.0. The van der Waals surface area contributed by atoms with Crippen LogP contribution in [0.5, 0.6) is 0 Å². The molecule has 1 amide bonds. The lowest BCUT2D eigenvalue weighted by molar-refractivity contribution is 0.0795. The first-order chi connectivity index (χ1) is 9.58. The Labute approximate surface area is 131 Å². The summed E-state index contributed by atoms with van der Waals surface area (Å²) in [6, 6.07) is 10.9. The van der Waals surface area contributed by atoms with Crippen molar-refractivity contribution in [3.05, 3.63) is 63.3 Å². The van der Waals surface area contributed by atoms with Crippen molar-refractivity contribution >= 4 is 33.4 Å². The summed E-state index contributed by atoms with van der Waals surface area (Å²) >= 11 is 9.25. The van der Waals surface area contributed by atoms with Crippen LogP contribution in [0.4, 0.5) is 0 Å². The van der Waals surface area contributed by atoms with E-state index in [1.165, 1.54) is 0 Å². The summed E-state index contributed by atoms with van der Waals surface area (Å²) in [5.41, 5.74) is 1.58. The number of rotatable bonds is 4. The average Bonchev–Trinajstić information content (AvgIpc) is 2.45. The van der Waals surface area contributed by atoms with Gasteiger partial charge in [-0.3, -0.25) is 9.78 Å². The summed E-state index contributed by atoms with van der Waals surface area (Å²) in [5.74, 6) is -0.0375. The lowest BCUT2D eigenvalue weighted by Gasteiger charge is -2.17. The predicted octanol–water partition coefficient (Wildman–Crippen LogP) is 3.81. The van der Waals surface area contributed by atoms with Crippen LogP contribution < -0.4 is 0 Å². The maximum Gasteiger partial charge on any atom is 0.254 e. The minimum atomic E-state index is -0.0375. The van der Waals surface area contributed by atoms with Crippen molar-refractivity contribution in [1.82, 2.24) is 9.88 Å². The number of hydrogen-bond donors (Lipinski definition) is 0. The predicted molar refractivity (Wildman–Crippen MR) is 84.1 cm³/mol. The monoisotopic (exact) mass is 352 g/mol. The van der Waals surface area contributed by atoms with Gasteiger partial charge in [-0.25, -0.2) is 0 Å². The number of pyridine rings is 1. The first-order valence-electron chi connectivity index (χ1n) is 6.18. The second-order valence-corrected chi connectivity index (χ2v) is 5.71. The van der Waals surface area contributed by atoms with Crippen molar-refractivity contribution in [1.29, 1.82) is 0 Å². The summed E-state index contributed by atoms with van der Waals surface area (Å²) in [6.45, 7) is 0.616. The molecule has 20 heavy (non-hydrogen) atoms. The zero-order valence-corrected chi connectivity index (χ0v) is 13.4. The number of amides is 1. The number of carbonyl (C=O) groups excluding carboxylic acids is 1. The van der Waals surface area contributed by atoms with Crippen LogP contribution in [0.2, 0.25) is 5.02 Å². The molecule has 1 heterocycles. The molecule has 0 saturated heterocycles. The van der Waals surface area contributed by atoms with Crippen molar-refractivity contribution in [2.24, 2.45) is 0 Å². The minimum absolute atomic E-state index is 0.0375. The fraction of sp³-hybridized carbons (Fsp3) is 0.200. The molecule has 0 radical (unpaired) electrons. The van der Waals surface area contributed by atoms with Gasteiger partial charge in [0.2, 0.25) is 0 Å². The second-order valence-electron chi connectivity index (χ2n) is 4.42. The molecule has 2 aromatic rings. The van der Waals surface area contributed by atoms with Crippen molar-refractivity contribution < 1.29 is 4.79 Å². The van der Waals surface area contributed by atoms with Gasteiger partial charge in [0.15, 0.2) is 0 Å². The SMILES string of the molecule is CN(CCc1ccccn1)C(=O)c1ccc(Cl)cc1Br. The molecule has 1 aromatic carbocycles. The molecule has 0 saturated carbocycles. The largest absolute Gasteiger partial charge is 0.341 e. The van der Waals surface area contributed by atoms with Gasteiger partial charge in [-0.15, -0.1) is 0 Å². The maximum atomic E-state index is 12.3. The van der Waals surface area contributed by atoms with Gasteiger partial charge in [0.25, 0.3) is 5.91 Å². The molecule has 0 atom stereocenters. The number of hydrogen-bond acceptors (Lipinski definition) is 2. The fourth-order valence-electron chi connectivity index (χ4n) is 1.80. The van der Waals surface area contributed by atoms with E-state index in [1.807, 2.05) is 18.2 Å². The number of benzene rings is 1. The summed E-state index contributed by atoms with van der Waals surface area (Å²) < 4.78 is 0.708. The smallest absolute Gasteiger partial charge is 0.254 e. The van der Waals surface area contributed by atoms with E-state index in [0.717, 1.165) is 12.1 Å². The summed E-state index contributed by atoms with van der Waals surface area (Å²) in [5, 5.41) is 0.601. The van der Waals surface area contributed by atoms with Crippen molar-refractivity contribution in [2.45, 2.75) is 6.42 Å². The number of nitrogens with zero attached hydrogens (tertiary/aromatic N) is 2. The Morgan fingerprint density at radius 2 is 2.15 bits per heavy atom. The van der Waals surface area contributed by atoms with Crippen LogP contribution in [-0.2, 0) is 6.42 Å². The molecule has 0 fully saturated rings. The van der Waals surface area contributed by atoms with Crippen molar-refractivity contribution in [3.63, 3.8) is 0 Å². The standard InChI is InChI=1S/C15H14BrClN2O/c1-19(9-7-12-4-2-3-8-18-12)15(20)13-6-5-11(17)10-14(13)16/h2-6,8,10H,7,9H2,1H3. The van der Waals surface area contributed by atoms with Crippen LogP contribution in [0, 0.1) is 0 Å².